The summed E-state index contributed by atoms with van der Waals surface area (Å²) in [5, 5.41) is 1.09. The Kier molecular flexibility index (Phi) is 3.71. The highest BCUT2D eigenvalue weighted by molar-refractivity contribution is 6.34. The fourth-order valence-corrected chi connectivity index (χ4v) is 1.65. The van der Waals surface area contributed by atoms with Crippen LogP contribution in [-0.4, -0.2) is 4.98 Å². The molecule has 0 saturated heterocycles. The number of nitrogens with two attached hydrogens (primary N) is 1. The standard InChI is InChI=1S/C12H10Cl2N2O/c13-8-4-5-10(14)11(6-8)17-7-9-2-1-3-12(15)16-9/h1-6H,7H2,(H2,15,16). The van der Waals surface area contributed by atoms with E-state index in [1.54, 1.807) is 24.3 Å². The maximum Gasteiger partial charge on any atom is 0.139 e. The topological polar surface area (TPSA) is 48.1 Å². The fraction of sp³-hybridized carbons (Fsp3) is 0.0833. The van der Waals surface area contributed by atoms with E-state index in [-0.39, 0.29) is 0 Å². The van der Waals surface area contributed by atoms with Crippen molar-refractivity contribution >= 4 is 29.0 Å². The molecule has 2 rings (SSSR count). The third kappa shape index (κ3) is 3.25. The second-order valence-corrected chi connectivity index (χ2v) is 4.26. The van der Waals surface area contributed by atoms with Crippen LogP contribution in [0.2, 0.25) is 10.0 Å². The third-order valence-electron chi connectivity index (χ3n) is 2.10. The number of halogens is 2. The average molecular weight is 269 g/mol. The largest absolute Gasteiger partial charge is 0.486 e. The molecule has 0 atom stereocenters. The first-order valence-corrected chi connectivity index (χ1v) is 5.70. The number of benzene rings is 1. The van der Waals surface area contributed by atoms with Gasteiger partial charge in [-0.15, -0.1) is 0 Å². The van der Waals surface area contributed by atoms with Gasteiger partial charge in [-0.3, -0.25) is 0 Å². The van der Waals surface area contributed by atoms with Crippen molar-refractivity contribution < 1.29 is 4.74 Å². The Morgan fingerprint density at radius 1 is 1.18 bits per heavy atom. The summed E-state index contributed by atoms with van der Waals surface area (Å²) in [4.78, 5) is 4.12. The van der Waals surface area contributed by atoms with Crippen molar-refractivity contribution in [3.63, 3.8) is 0 Å². The molecular formula is C12H10Cl2N2O. The number of hydrogen-bond acceptors (Lipinski definition) is 3. The summed E-state index contributed by atoms with van der Waals surface area (Å²) >= 11 is 11.8. The molecule has 3 nitrogen and oxygen atoms in total. The van der Waals surface area contributed by atoms with E-state index in [1.807, 2.05) is 12.1 Å². The van der Waals surface area contributed by atoms with Crippen molar-refractivity contribution in [2.24, 2.45) is 0 Å². The highest BCUT2D eigenvalue weighted by Gasteiger charge is 2.03. The van der Waals surface area contributed by atoms with Gasteiger partial charge in [-0.25, -0.2) is 4.98 Å². The van der Waals surface area contributed by atoms with E-state index in [0.29, 0.717) is 28.2 Å². The minimum absolute atomic E-state index is 0.297. The lowest BCUT2D eigenvalue weighted by molar-refractivity contribution is 0.302. The Hall–Kier alpha value is -1.45. The van der Waals surface area contributed by atoms with Crippen molar-refractivity contribution in [2.45, 2.75) is 6.61 Å². The fourth-order valence-electron chi connectivity index (χ4n) is 1.32. The van der Waals surface area contributed by atoms with E-state index in [1.165, 1.54) is 0 Å². The Balaban J connectivity index is 2.09. The number of hydrogen-bond donors (Lipinski definition) is 1. The lowest BCUT2D eigenvalue weighted by atomic mass is 10.3. The first-order valence-electron chi connectivity index (χ1n) is 4.94. The Morgan fingerprint density at radius 2 is 2.00 bits per heavy atom. The van der Waals surface area contributed by atoms with Gasteiger partial charge in [-0.2, -0.15) is 0 Å². The van der Waals surface area contributed by atoms with Crippen LogP contribution in [0.3, 0.4) is 0 Å². The van der Waals surface area contributed by atoms with Gasteiger partial charge in [-0.1, -0.05) is 29.3 Å². The number of aromatic nitrogens is 1. The zero-order valence-electron chi connectivity index (χ0n) is 8.86. The number of pyridine rings is 1. The summed E-state index contributed by atoms with van der Waals surface area (Å²) in [6, 6.07) is 10.4. The normalized spacial score (nSPS) is 10.2. The Morgan fingerprint density at radius 3 is 2.76 bits per heavy atom. The van der Waals surface area contributed by atoms with Gasteiger partial charge >= 0.3 is 0 Å². The van der Waals surface area contributed by atoms with Gasteiger partial charge in [0.15, 0.2) is 0 Å². The van der Waals surface area contributed by atoms with Crippen LogP contribution in [0.25, 0.3) is 0 Å². The van der Waals surface area contributed by atoms with E-state index in [2.05, 4.69) is 4.98 Å². The summed E-state index contributed by atoms with van der Waals surface area (Å²) in [5.41, 5.74) is 6.30. The number of ether oxygens (including phenoxy) is 1. The predicted octanol–water partition coefficient (Wildman–Crippen LogP) is 3.55. The van der Waals surface area contributed by atoms with E-state index in [0.717, 1.165) is 5.69 Å². The van der Waals surface area contributed by atoms with Crippen molar-refractivity contribution in [3.8, 4) is 5.75 Å². The molecule has 0 aliphatic rings. The van der Waals surface area contributed by atoms with Gasteiger partial charge in [0.25, 0.3) is 0 Å². The van der Waals surface area contributed by atoms with Crippen LogP contribution < -0.4 is 10.5 Å². The van der Waals surface area contributed by atoms with Gasteiger partial charge < -0.3 is 10.5 Å². The zero-order chi connectivity index (χ0) is 12.3. The molecular weight excluding hydrogens is 259 g/mol. The Bertz CT molecular complexity index is 532. The van der Waals surface area contributed by atoms with Crippen LogP contribution in [-0.2, 0) is 6.61 Å². The minimum Gasteiger partial charge on any atom is -0.486 e. The maximum absolute atomic E-state index is 5.96. The molecule has 1 heterocycles. The predicted molar refractivity (Wildman–Crippen MR) is 69.4 cm³/mol. The quantitative estimate of drug-likeness (QED) is 0.926. The van der Waals surface area contributed by atoms with Gasteiger partial charge in [0, 0.05) is 11.1 Å². The number of rotatable bonds is 3. The van der Waals surface area contributed by atoms with Crippen LogP contribution in [0.15, 0.2) is 36.4 Å². The molecule has 0 aliphatic carbocycles. The second kappa shape index (κ2) is 5.25. The zero-order valence-corrected chi connectivity index (χ0v) is 10.4. The number of nitrogens with zero attached hydrogens (tertiary/aromatic N) is 1. The van der Waals surface area contributed by atoms with E-state index < -0.39 is 0 Å². The molecule has 0 saturated carbocycles. The van der Waals surface area contributed by atoms with Crippen LogP contribution >= 0.6 is 23.2 Å². The molecule has 17 heavy (non-hydrogen) atoms. The lowest BCUT2D eigenvalue weighted by Crippen LogP contribution is -2.00. The number of nitrogen functional groups attached to an aromatic ring is 1. The molecule has 2 N–H and O–H groups in total. The molecule has 0 radical (unpaired) electrons. The van der Waals surface area contributed by atoms with Crippen LogP contribution in [0, 0.1) is 0 Å². The van der Waals surface area contributed by atoms with E-state index in [9.17, 15) is 0 Å². The monoisotopic (exact) mass is 268 g/mol. The van der Waals surface area contributed by atoms with Crippen molar-refractivity contribution in [2.75, 3.05) is 5.73 Å². The van der Waals surface area contributed by atoms with Crippen molar-refractivity contribution in [3.05, 3.63) is 52.1 Å². The smallest absolute Gasteiger partial charge is 0.139 e. The molecule has 0 fully saturated rings. The van der Waals surface area contributed by atoms with Crippen LogP contribution in [0.4, 0.5) is 5.82 Å². The lowest BCUT2D eigenvalue weighted by Gasteiger charge is -2.08. The number of anilines is 1. The van der Waals surface area contributed by atoms with Crippen molar-refractivity contribution in [1.82, 2.24) is 4.98 Å². The van der Waals surface area contributed by atoms with Gasteiger partial charge in [0.1, 0.15) is 18.2 Å². The average Bonchev–Trinajstić information content (AvgIpc) is 2.30. The first kappa shape index (κ1) is 12.0. The summed E-state index contributed by atoms with van der Waals surface area (Å²) in [6.45, 7) is 0.297. The molecule has 88 valence electrons. The molecule has 0 aliphatic heterocycles. The van der Waals surface area contributed by atoms with Gasteiger partial charge in [-0.05, 0) is 24.3 Å². The summed E-state index contributed by atoms with van der Waals surface area (Å²) in [7, 11) is 0. The summed E-state index contributed by atoms with van der Waals surface area (Å²) in [5.74, 6) is 0.992. The molecule has 0 bridgehead atoms. The van der Waals surface area contributed by atoms with Crippen LogP contribution in [0.5, 0.6) is 5.75 Å². The maximum atomic E-state index is 5.96. The van der Waals surface area contributed by atoms with Gasteiger partial charge in [0.2, 0.25) is 0 Å². The summed E-state index contributed by atoms with van der Waals surface area (Å²) in [6.07, 6.45) is 0. The molecule has 5 heteroatoms. The molecule has 1 aromatic carbocycles. The second-order valence-electron chi connectivity index (χ2n) is 3.42. The molecule has 2 aromatic rings. The first-order chi connectivity index (χ1) is 8.15. The molecule has 0 amide bonds. The Labute approximate surface area is 109 Å². The third-order valence-corrected chi connectivity index (χ3v) is 2.64. The summed E-state index contributed by atoms with van der Waals surface area (Å²) < 4.78 is 5.52. The highest BCUT2D eigenvalue weighted by atomic mass is 35.5. The van der Waals surface area contributed by atoms with E-state index >= 15 is 0 Å². The molecule has 1 aromatic heterocycles. The van der Waals surface area contributed by atoms with E-state index in [4.69, 9.17) is 33.7 Å². The molecule has 0 unspecified atom stereocenters. The van der Waals surface area contributed by atoms with Crippen molar-refractivity contribution in [1.29, 1.82) is 0 Å². The minimum atomic E-state index is 0.297. The van der Waals surface area contributed by atoms with Gasteiger partial charge in [0.05, 0.1) is 10.7 Å². The highest BCUT2D eigenvalue weighted by Crippen LogP contribution is 2.28. The molecule has 0 spiro atoms. The SMILES string of the molecule is Nc1cccc(COc2cc(Cl)ccc2Cl)n1. The van der Waals surface area contributed by atoms with Crippen LogP contribution in [0.1, 0.15) is 5.69 Å².